The van der Waals surface area contributed by atoms with Crippen molar-refractivity contribution in [1.29, 1.82) is 0 Å². The summed E-state index contributed by atoms with van der Waals surface area (Å²) in [5.74, 6) is 1.25. The molecule has 0 aromatic heterocycles. The molecule has 0 heterocycles. The fourth-order valence-electron chi connectivity index (χ4n) is 3.95. The largest absolute Gasteiger partial charge is 0.492 e. The van der Waals surface area contributed by atoms with Crippen LogP contribution < -0.4 is 24.8 Å². The topological polar surface area (TPSA) is 85.9 Å². The van der Waals surface area contributed by atoms with Crippen molar-refractivity contribution in [1.82, 2.24) is 0 Å². The van der Waals surface area contributed by atoms with Gasteiger partial charge in [-0.25, -0.2) is 0 Å². The van der Waals surface area contributed by atoms with Crippen molar-refractivity contribution >= 4 is 23.2 Å². The maximum Gasteiger partial charge on any atom is 0.265 e. The Kier molecular flexibility index (Phi) is 9.55. The van der Waals surface area contributed by atoms with Gasteiger partial charge in [0.1, 0.15) is 17.2 Å². The van der Waals surface area contributed by atoms with E-state index in [0.717, 1.165) is 5.56 Å². The summed E-state index contributed by atoms with van der Waals surface area (Å²) in [4.78, 5) is 25.8. The Labute approximate surface area is 219 Å². The molecular weight excluding hydrogens is 468 g/mol. The van der Waals surface area contributed by atoms with Crippen LogP contribution in [0.25, 0.3) is 0 Å². The predicted octanol–water partition coefficient (Wildman–Crippen LogP) is 6.57. The number of anilines is 2. The van der Waals surface area contributed by atoms with Crippen LogP contribution in [-0.4, -0.2) is 31.1 Å². The van der Waals surface area contributed by atoms with Gasteiger partial charge < -0.3 is 24.8 Å². The molecule has 0 saturated carbocycles. The fraction of sp³-hybridized carbons (Fsp3) is 0.333. The van der Waals surface area contributed by atoms with E-state index in [1.165, 1.54) is 5.56 Å². The lowest BCUT2D eigenvalue weighted by molar-refractivity contribution is -0.122. The summed E-state index contributed by atoms with van der Waals surface area (Å²) in [5, 5.41) is 5.77. The molecule has 0 bridgehead atoms. The normalized spacial score (nSPS) is 11.5. The number of hydrogen-bond acceptors (Lipinski definition) is 5. The Bertz CT molecular complexity index is 1220. The number of carbonyl (C=O) groups excluding carboxylic acids is 2. The molecule has 37 heavy (non-hydrogen) atoms. The molecular formula is C30H36N2O5. The molecule has 0 saturated heterocycles. The number of benzene rings is 3. The molecule has 7 heteroatoms. The minimum atomic E-state index is -0.758. The van der Waals surface area contributed by atoms with Crippen molar-refractivity contribution in [2.75, 3.05) is 23.8 Å². The van der Waals surface area contributed by atoms with Crippen LogP contribution in [0.15, 0.2) is 60.7 Å². The van der Waals surface area contributed by atoms with Gasteiger partial charge >= 0.3 is 0 Å². The van der Waals surface area contributed by atoms with E-state index < -0.39 is 6.10 Å². The number of rotatable bonds is 11. The van der Waals surface area contributed by atoms with E-state index in [0.29, 0.717) is 53.3 Å². The first-order valence-corrected chi connectivity index (χ1v) is 12.6. The van der Waals surface area contributed by atoms with Gasteiger partial charge in [0.05, 0.1) is 24.6 Å². The van der Waals surface area contributed by atoms with E-state index >= 15 is 0 Å². The van der Waals surface area contributed by atoms with Gasteiger partial charge in [0.15, 0.2) is 6.10 Å². The van der Waals surface area contributed by atoms with Gasteiger partial charge in [-0.3, -0.25) is 9.59 Å². The van der Waals surface area contributed by atoms with Gasteiger partial charge in [-0.2, -0.15) is 0 Å². The molecule has 0 fully saturated rings. The summed E-state index contributed by atoms with van der Waals surface area (Å²) in [6.07, 6.45) is -0.758. The molecule has 0 aliphatic rings. The monoisotopic (exact) mass is 504 g/mol. The first-order valence-electron chi connectivity index (χ1n) is 12.6. The molecule has 7 nitrogen and oxygen atoms in total. The standard InChI is InChI=1S/C30H36N2O5/c1-7-35-27-18-26(32-30(34)22-12-10-9-11-13-22)28(36-8-2)17-25(27)31-29(33)21(6)37-23-14-15-24(19(3)4)20(5)16-23/h9-19,21H,7-8H2,1-6H3,(H,31,33)(H,32,34). The quantitative estimate of drug-likeness (QED) is 0.308. The Balaban J connectivity index is 1.81. The zero-order valence-electron chi connectivity index (χ0n) is 22.4. The van der Waals surface area contributed by atoms with Crippen molar-refractivity contribution in [3.8, 4) is 17.2 Å². The Morgan fingerprint density at radius 2 is 1.41 bits per heavy atom. The molecule has 0 aliphatic carbocycles. The van der Waals surface area contributed by atoms with Crippen LogP contribution in [0, 0.1) is 6.92 Å². The second-order valence-electron chi connectivity index (χ2n) is 8.95. The second kappa shape index (κ2) is 12.8. The van der Waals surface area contributed by atoms with Gasteiger partial charge in [-0.05, 0) is 69.0 Å². The van der Waals surface area contributed by atoms with Crippen LogP contribution in [0.2, 0.25) is 0 Å². The molecule has 3 aromatic rings. The highest BCUT2D eigenvalue weighted by atomic mass is 16.5. The summed E-state index contributed by atoms with van der Waals surface area (Å²) >= 11 is 0. The van der Waals surface area contributed by atoms with Crippen molar-refractivity contribution < 1.29 is 23.8 Å². The summed E-state index contributed by atoms with van der Waals surface area (Å²) in [6.45, 7) is 12.5. The zero-order valence-corrected chi connectivity index (χ0v) is 22.4. The maximum absolute atomic E-state index is 13.0. The predicted molar refractivity (Wildman–Crippen MR) is 147 cm³/mol. The SMILES string of the molecule is CCOc1cc(NC(=O)C(C)Oc2ccc(C(C)C)c(C)c2)c(OCC)cc1NC(=O)c1ccccc1. The van der Waals surface area contributed by atoms with E-state index in [2.05, 4.69) is 24.5 Å². The average Bonchev–Trinajstić information content (AvgIpc) is 2.87. The third kappa shape index (κ3) is 7.26. The van der Waals surface area contributed by atoms with Crippen LogP contribution in [0.5, 0.6) is 17.2 Å². The van der Waals surface area contributed by atoms with Crippen molar-refractivity contribution in [3.05, 3.63) is 77.4 Å². The number of ether oxygens (including phenoxy) is 3. The average molecular weight is 505 g/mol. The van der Waals surface area contributed by atoms with Crippen LogP contribution >= 0.6 is 0 Å². The van der Waals surface area contributed by atoms with Gasteiger partial charge in [0.25, 0.3) is 11.8 Å². The van der Waals surface area contributed by atoms with E-state index in [4.69, 9.17) is 14.2 Å². The van der Waals surface area contributed by atoms with Gasteiger partial charge in [-0.1, -0.05) is 38.1 Å². The Hall–Kier alpha value is -4.00. The number of hydrogen-bond donors (Lipinski definition) is 2. The summed E-state index contributed by atoms with van der Waals surface area (Å²) < 4.78 is 17.5. The maximum atomic E-state index is 13.0. The van der Waals surface area contributed by atoms with Crippen LogP contribution in [0.4, 0.5) is 11.4 Å². The number of aryl methyl sites for hydroxylation is 1. The Morgan fingerprint density at radius 3 is 1.95 bits per heavy atom. The van der Waals surface area contributed by atoms with E-state index in [-0.39, 0.29) is 11.8 Å². The fourth-order valence-corrected chi connectivity index (χ4v) is 3.95. The molecule has 2 amide bonds. The first-order chi connectivity index (χ1) is 17.7. The molecule has 3 aromatic carbocycles. The van der Waals surface area contributed by atoms with Gasteiger partial charge in [-0.15, -0.1) is 0 Å². The lowest BCUT2D eigenvalue weighted by atomic mass is 9.98. The molecule has 2 N–H and O–H groups in total. The van der Waals surface area contributed by atoms with Crippen molar-refractivity contribution in [3.63, 3.8) is 0 Å². The highest BCUT2D eigenvalue weighted by Crippen LogP contribution is 2.37. The molecule has 0 spiro atoms. The van der Waals surface area contributed by atoms with E-state index in [1.807, 2.05) is 45.0 Å². The zero-order chi connectivity index (χ0) is 26.9. The number of carbonyl (C=O) groups is 2. The molecule has 0 radical (unpaired) electrons. The minimum Gasteiger partial charge on any atom is -0.492 e. The molecule has 3 rings (SSSR count). The smallest absolute Gasteiger partial charge is 0.265 e. The molecule has 1 atom stereocenters. The van der Waals surface area contributed by atoms with Gasteiger partial charge in [0.2, 0.25) is 0 Å². The van der Waals surface area contributed by atoms with Gasteiger partial charge in [0, 0.05) is 17.7 Å². The third-order valence-corrected chi connectivity index (χ3v) is 5.77. The van der Waals surface area contributed by atoms with E-state index in [1.54, 1.807) is 43.3 Å². The molecule has 1 unspecified atom stereocenters. The Morgan fingerprint density at radius 1 is 0.811 bits per heavy atom. The highest BCUT2D eigenvalue weighted by Gasteiger charge is 2.21. The van der Waals surface area contributed by atoms with Crippen LogP contribution in [0.3, 0.4) is 0 Å². The second-order valence-corrected chi connectivity index (χ2v) is 8.95. The summed E-state index contributed by atoms with van der Waals surface area (Å²) in [5.41, 5.74) is 3.75. The van der Waals surface area contributed by atoms with Crippen molar-refractivity contribution in [2.45, 2.75) is 53.6 Å². The lowest BCUT2D eigenvalue weighted by Crippen LogP contribution is -2.30. The van der Waals surface area contributed by atoms with Crippen molar-refractivity contribution in [2.24, 2.45) is 0 Å². The van der Waals surface area contributed by atoms with E-state index in [9.17, 15) is 9.59 Å². The minimum absolute atomic E-state index is 0.276. The highest BCUT2D eigenvalue weighted by molar-refractivity contribution is 6.05. The van der Waals surface area contributed by atoms with Crippen LogP contribution in [-0.2, 0) is 4.79 Å². The first kappa shape index (κ1) is 27.6. The number of nitrogens with one attached hydrogen (secondary N) is 2. The third-order valence-electron chi connectivity index (χ3n) is 5.77. The molecule has 196 valence electrons. The van der Waals surface area contributed by atoms with Crippen LogP contribution in [0.1, 0.15) is 62.0 Å². The lowest BCUT2D eigenvalue weighted by Gasteiger charge is -2.20. The number of amides is 2. The molecule has 0 aliphatic heterocycles. The summed E-state index contributed by atoms with van der Waals surface area (Å²) in [7, 11) is 0. The summed E-state index contributed by atoms with van der Waals surface area (Å²) in [6, 6.07) is 18.1.